The van der Waals surface area contributed by atoms with E-state index in [2.05, 4.69) is 55.0 Å². The molecule has 0 bridgehead atoms. The minimum atomic E-state index is 0.286. The van der Waals surface area contributed by atoms with Crippen LogP contribution in [0.1, 0.15) is 50.2 Å². The maximum absolute atomic E-state index is 12.7. The van der Waals surface area contributed by atoms with Crippen molar-refractivity contribution in [2.45, 2.75) is 64.0 Å². The van der Waals surface area contributed by atoms with Gasteiger partial charge < -0.3 is 9.64 Å². The van der Waals surface area contributed by atoms with Gasteiger partial charge in [0.2, 0.25) is 5.91 Å². The van der Waals surface area contributed by atoms with Crippen molar-refractivity contribution in [3.05, 3.63) is 35.4 Å². The van der Waals surface area contributed by atoms with Gasteiger partial charge in [0.15, 0.2) is 0 Å². The summed E-state index contributed by atoms with van der Waals surface area (Å²) in [4.78, 5) is 17.3. The smallest absolute Gasteiger partial charge is 0.222 e. The molecule has 0 aliphatic carbocycles. The van der Waals surface area contributed by atoms with Gasteiger partial charge in [0, 0.05) is 37.7 Å². The number of benzene rings is 1. The number of amides is 1. The first-order valence-electron chi connectivity index (χ1n) is 10.2. The summed E-state index contributed by atoms with van der Waals surface area (Å²) >= 11 is 0. The third-order valence-corrected chi connectivity index (χ3v) is 6.67. The van der Waals surface area contributed by atoms with Crippen LogP contribution in [0.25, 0.3) is 0 Å². The average molecular weight is 359 g/mol. The van der Waals surface area contributed by atoms with Gasteiger partial charge >= 0.3 is 0 Å². The van der Waals surface area contributed by atoms with Crippen molar-refractivity contribution < 1.29 is 9.53 Å². The zero-order valence-corrected chi connectivity index (χ0v) is 16.7. The highest BCUT2D eigenvalue weighted by Crippen LogP contribution is 2.40. The summed E-state index contributed by atoms with van der Waals surface area (Å²) in [5, 5.41) is 0. The molecular formula is C22H34N2O2. The number of hydrogen-bond donors (Lipinski definition) is 0. The molecular weight excluding hydrogens is 324 g/mol. The summed E-state index contributed by atoms with van der Waals surface area (Å²) in [6.07, 6.45) is 6.14. The molecule has 2 aliphatic heterocycles. The molecule has 3 rings (SSSR count). The molecule has 2 saturated heterocycles. The van der Waals surface area contributed by atoms with Crippen molar-refractivity contribution in [2.75, 3.05) is 33.4 Å². The molecule has 4 heteroatoms. The lowest BCUT2D eigenvalue weighted by atomic mass is 9.85. The molecule has 2 fully saturated rings. The van der Waals surface area contributed by atoms with Crippen LogP contribution in [0, 0.1) is 6.92 Å². The summed E-state index contributed by atoms with van der Waals surface area (Å²) in [6.45, 7) is 7.62. The number of piperidine rings is 1. The molecule has 1 aromatic rings. The lowest BCUT2D eigenvalue weighted by Gasteiger charge is -2.45. The van der Waals surface area contributed by atoms with E-state index < -0.39 is 0 Å². The van der Waals surface area contributed by atoms with Crippen molar-refractivity contribution in [2.24, 2.45) is 0 Å². The monoisotopic (exact) mass is 358 g/mol. The maximum atomic E-state index is 12.7. The van der Waals surface area contributed by atoms with Gasteiger partial charge in [-0.05, 0) is 64.1 Å². The fraction of sp³-hybridized carbons (Fsp3) is 0.682. The normalized spacial score (nSPS) is 22.9. The number of likely N-dealkylation sites (tertiary alicyclic amines) is 2. The number of carbonyl (C=O) groups is 1. The van der Waals surface area contributed by atoms with Crippen LogP contribution < -0.4 is 0 Å². The van der Waals surface area contributed by atoms with Crippen molar-refractivity contribution in [1.29, 1.82) is 0 Å². The average Bonchev–Trinajstić information content (AvgIpc) is 2.95. The molecule has 144 valence electrons. The molecule has 0 N–H and O–H groups in total. The fourth-order valence-electron chi connectivity index (χ4n) is 4.71. The van der Waals surface area contributed by atoms with Crippen LogP contribution in [0.4, 0.5) is 0 Å². The van der Waals surface area contributed by atoms with Gasteiger partial charge in [0.25, 0.3) is 0 Å². The van der Waals surface area contributed by atoms with Crippen molar-refractivity contribution in [3.8, 4) is 0 Å². The molecule has 0 aromatic heterocycles. The Balaban J connectivity index is 1.49. The van der Waals surface area contributed by atoms with Gasteiger partial charge in [0.1, 0.15) is 0 Å². The number of likely N-dealkylation sites (N-methyl/N-ethyl adjacent to an activating group) is 1. The second kappa shape index (κ2) is 8.53. The van der Waals surface area contributed by atoms with Gasteiger partial charge in [0.05, 0.1) is 6.61 Å². The Morgan fingerprint density at radius 2 is 1.96 bits per heavy atom. The summed E-state index contributed by atoms with van der Waals surface area (Å²) in [5.41, 5.74) is 2.86. The Hall–Kier alpha value is -1.39. The lowest BCUT2D eigenvalue weighted by Crippen LogP contribution is -2.54. The Bertz CT molecular complexity index is 608. The van der Waals surface area contributed by atoms with E-state index >= 15 is 0 Å². The minimum absolute atomic E-state index is 0.286. The molecule has 1 atom stereocenters. The van der Waals surface area contributed by atoms with Gasteiger partial charge in [-0.3, -0.25) is 9.69 Å². The van der Waals surface area contributed by atoms with Gasteiger partial charge in [-0.15, -0.1) is 0 Å². The van der Waals surface area contributed by atoms with Crippen molar-refractivity contribution >= 4 is 5.91 Å². The first kappa shape index (κ1) is 19.4. The molecule has 2 aliphatic rings. The molecule has 1 unspecified atom stereocenters. The van der Waals surface area contributed by atoms with Gasteiger partial charge in [-0.25, -0.2) is 0 Å². The van der Waals surface area contributed by atoms with Crippen LogP contribution in [0.5, 0.6) is 0 Å². The predicted octanol–water partition coefficient (Wildman–Crippen LogP) is 3.42. The number of aryl methyl sites for hydroxylation is 2. The van der Waals surface area contributed by atoms with Crippen LogP contribution in [0.15, 0.2) is 24.3 Å². The minimum Gasteiger partial charge on any atom is -0.380 e. The third kappa shape index (κ3) is 4.12. The van der Waals surface area contributed by atoms with E-state index in [-0.39, 0.29) is 5.54 Å². The quantitative estimate of drug-likeness (QED) is 0.781. The number of rotatable bonds is 6. The van der Waals surface area contributed by atoms with Crippen LogP contribution in [0.3, 0.4) is 0 Å². The second-order valence-electron chi connectivity index (χ2n) is 7.99. The number of nitrogens with zero attached hydrogens (tertiary/aromatic N) is 2. The Morgan fingerprint density at radius 3 is 2.65 bits per heavy atom. The molecule has 0 radical (unpaired) electrons. The van der Waals surface area contributed by atoms with E-state index in [4.69, 9.17) is 4.74 Å². The molecule has 1 amide bonds. The largest absolute Gasteiger partial charge is 0.380 e. The zero-order chi connectivity index (χ0) is 18.6. The Morgan fingerprint density at radius 1 is 1.23 bits per heavy atom. The molecule has 0 saturated carbocycles. The lowest BCUT2D eigenvalue weighted by molar-refractivity contribution is -0.133. The van der Waals surface area contributed by atoms with E-state index in [1.165, 1.54) is 24.0 Å². The van der Waals surface area contributed by atoms with Crippen LogP contribution >= 0.6 is 0 Å². The van der Waals surface area contributed by atoms with Crippen LogP contribution in [-0.2, 0) is 16.0 Å². The highest BCUT2D eigenvalue weighted by molar-refractivity contribution is 5.76. The Labute approximate surface area is 158 Å². The molecule has 4 nitrogen and oxygen atoms in total. The third-order valence-electron chi connectivity index (χ3n) is 6.67. The van der Waals surface area contributed by atoms with Crippen LogP contribution in [-0.4, -0.2) is 60.6 Å². The Kier molecular flexibility index (Phi) is 6.36. The van der Waals surface area contributed by atoms with Crippen molar-refractivity contribution in [3.63, 3.8) is 0 Å². The van der Waals surface area contributed by atoms with E-state index in [0.29, 0.717) is 18.4 Å². The van der Waals surface area contributed by atoms with E-state index in [9.17, 15) is 4.79 Å². The maximum Gasteiger partial charge on any atom is 0.222 e. The summed E-state index contributed by atoms with van der Waals surface area (Å²) in [5.74, 6) is 0.314. The number of hydrogen-bond acceptors (Lipinski definition) is 3. The zero-order valence-electron chi connectivity index (χ0n) is 16.7. The topological polar surface area (TPSA) is 32.8 Å². The molecule has 1 spiro atoms. The van der Waals surface area contributed by atoms with Crippen molar-refractivity contribution in [1.82, 2.24) is 9.80 Å². The highest BCUT2D eigenvalue weighted by Gasteiger charge is 2.46. The SMILES string of the molecule is CCOCC1CCC2(CCN(C(=O)CCc3ccccc3C)CC2)N1C. The fourth-order valence-corrected chi connectivity index (χ4v) is 4.71. The summed E-state index contributed by atoms with van der Waals surface area (Å²) in [7, 11) is 2.26. The van der Waals surface area contributed by atoms with E-state index in [1.54, 1.807) is 0 Å². The summed E-state index contributed by atoms with van der Waals surface area (Å²) in [6, 6.07) is 8.92. The van der Waals surface area contributed by atoms with E-state index in [0.717, 1.165) is 45.6 Å². The first-order valence-corrected chi connectivity index (χ1v) is 10.2. The van der Waals surface area contributed by atoms with Crippen LogP contribution in [0.2, 0.25) is 0 Å². The van der Waals surface area contributed by atoms with E-state index in [1.807, 2.05) is 0 Å². The molecule has 26 heavy (non-hydrogen) atoms. The predicted molar refractivity (Wildman–Crippen MR) is 105 cm³/mol. The number of carbonyl (C=O) groups excluding carboxylic acids is 1. The standard InChI is InChI=1S/C22H34N2O2/c1-4-26-17-20-11-12-22(23(20)3)13-15-24(16-14-22)21(25)10-9-19-8-6-5-7-18(19)2/h5-8,20H,4,9-17H2,1-3H3. The highest BCUT2D eigenvalue weighted by atomic mass is 16.5. The van der Waals surface area contributed by atoms with Gasteiger partial charge in [-0.2, -0.15) is 0 Å². The second-order valence-corrected chi connectivity index (χ2v) is 7.99. The van der Waals surface area contributed by atoms with Gasteiger partial charge in [-0.1, -0.05) is 24.3 Å². The summed E-state index contributed by atoms with van der Waals surface area (Å²) < 4.78 is 5.66. The molecule has 1 aromatic carbocycles. The first-order chi connectivity index (χ1) is 12.6. The number of ether oxygens (including phenoxy) is 1. The molecule has 2 heterocycles.